The summed E-state index contributed by atoms with van der Waals surface area (Å²) in [5.41, 5.74) is 7.25. The lowest BCUT2D eigenvalue weighted by Crippen LogP contribution is -2.28. The summed E-state index contributed by atoms with van der Waals surface area (Å²) in [6, 6.07) is 4.86. The van der Waals surface area contributed by atoms with E-state index in [1.165, 1.54) is 0 Å². The van der Waals surface area contributed by atoms with Crippen LogP contribution in [0, 0.1) is 12.3 Å². The van der Waals surface area contributed by atoms with E-state index >= 15 is 0 Å². The first-order chi connectivity index (χ1) is 8.21. The summed E-state index contributed by atoms with van der Waals surface area (Å²) in [6.45, 7) is 2.59. The Morgan fingerprint density at radius 2 is 2.06 bits per heavy atom. The molecule has 100 valence electrons. The van der Waals surface area contributed by atoms with E-state index in [0.29, 0.717) is 11.1 Å². The maximum absolute atomic E-state index is 12.3. The Balaban J connectivity index is 2.72. The van der Waals surface area contributed by atoms with Crippen LogP contribution in [-0.4, -0.2) is 18.1 Å². The highest BCUT2D eigenvalue weighted by molar-refractivity contribution is 5.95. The highest BCUT2D eigenvalue weighted by Gasteiger charge is 2.36. The van der Waals surface area contributed by atoms with Crippen molar-refractivity contribution in [1.82, 2.24) is 0 Å². The van der Waals surface area contributed by atoms with Crippen LogP contribution in [0.2, 0.25) is 0 Å². The molecule has 0 radical (unpaired) electrons. The Morgan fingerprint density at radius 3 is 2.50 bits per heavy atom. The van der Waals surface area contributed by atoms with Gasteiger partial charge in [0.2, 0.25) is 0 Å². The Morgan fingerprint density at radius 1 is 1.44 bits per heavy atom. The quantitative estimate of drug-likeness (QED) is 0.646. The normalized spacial score (nSPS) is 13.4. The Hall–Kier alpha value is -1.56. The lowest BCUT2D eigenvalue weighted by atomic mass is 10.1. The van der Waals surface area contributed by atoms with E-state index in [9.17, 15) is 13.2 Å². The standard InChI is InChI=1S/C12H15F3N2O/c1-7-5-9(11(16)17)3-4-10(7)6-18-8(2)12(13,14)15/h3-5,8H,6H2,1-2H3,(H3,16,17). The van der Waals surface area contributed by atoms with Crippen molar-refractivity contribution < 1.29 is 17.9 Å². The van der Waals surface area contributed by atoms with E-state index in [-0.39, 0.29) is 12.4 Å². The van der Waals surface area contributed by atoms with Gasteiger partial charge in [0.25, 0.3) is 0 Å². The van der Waals surface area contributed by atoms with Gasteiger partial charge in [-0.25, -0.2) is 0 Å². The summed E-state index contributed by atoms with van der Waals surface area (Å²) in [6.07, 6.45) is -6.16. The number of hydrogen-bond acceptors (Lipinski definition) is 2. The number of nitrogens with one attached hydrogen (secondary N) is 1. The minimum atomic E-state index is -4.35. The zero-order chi connectivity index (χ0) is 13.9. The third kappa shape index (κ3) is 3.73. The highest BCUT2D eigenvalue weighted by atomic mass is 19.4. The van der Waals surface area contributed by atoms with Crippen LogP contribution >= 0.6 is 0 Å². The number of amidine groups is 1. The van der Waals surface area contributed by atoms with Gasteiger partial charge in [-0.2, -0.15) is 13.2 Å². The number of rotatable bonds is 4. The number of nitrogen functional groups attached to an aromatic ring is 1. The summed E-state index contributed by atoms with van der Waals surface area (Å²) in [7, 11) is 0. The molecule has 1 rings (SSSR count). The molecule has 0 aliphatic heterocycles. The molecule has 0 amide bonds. The number of ether oxygens (including phenoxy) is 1. The molecule has 3 N–H and O–H groups in total. The topological polar surface area (TPSA) is 59.1 Å². The van der Waals surface area contributed by atoms with Gasteiger partial charge < -0.3 is 10.5 Å². The van der Waals surface area contributed by atoms with Crippen LogP contribution in [0.3, 0.4) is 0 Å². The lowest BCUT2D eigenvalue weighted by Gasteiger charge is -2.17. The zero-order valence-electron chi connectivity index (χ0n) is 10.1. The van der Waals surface area contributed by atoms with Gasteiger partial charge in [-0.05, 0) is 31.0 Å². The van der Waals surface area contributed by atoms with Gasteiger partial charge in [0.1, 0.15) is 5.84 Å². The van der Waals surface area contributed by atoms with E-state index in [0.717, 1.165) is 12.5 Å². The molecule has 1 aromatic carbocycles. The van der Waals surface area contributed by atoms with Crippen LogP contribution in [0.25, 0.3) is 0 Å². The van der Waals surface area contributed by atoms with Crippen LogP contribution in [0.5, 0.6) is 0 Å². The number of alkyl halides is 3. The van der Waals surface area contributed by atoms with E-state index < -0.39 is 12.3 Å². The summed E-state index contributed by atoms with van der Waals surface area (Å²) in [5, 5.41) is 7.25. The number of aryl methyl sites for hydroxylation is 1. The van der Waals surface area contributed by atoms with Gasteiger partial charge in [0, 0.05) is 5.56 Å². The van der Waals surface area contributed by atoms with Gasteiger partial charge in [0.05, 0.1) is 6.61 Å². The average Bonchev–Trinajstić information content (AvgIpc) is 2.25. The van der Waals surface area contributed by atoms with Gasteiger partial charge in [-0.3, -0.25) is 5.41 Å². The number of benzene rings is 1. The fourth-order valence-corrected chi connectivity index (χ4v) is 1.33. The maximum atomic E-state index is 12.3. The summed E-state index contributed by atoms with van der Waals surface area (Å²) in [5.74, 6) is -0.0748. The molecular weight excluding hydrogens is 245 g/mol. The second kappa shape index (κ2) is 5.39. The van der Waals surface area contributed by atoms with Crippen LogP contribution in [0.15, 0.2) is 18.2 Å². The second-order valence-electron chi connectivity index (χ2n) is 4.05. The van der Waals surface area contributed by atoms with Crippen molar-refractivity contribution >= 4 is 5.84 Å². The largest absolute Gasteiger partial charge is 0.414 e. The average molecular weight is 260 g/mol. The fraction of sp³-hybridized carbons (Fsp3) is 0.417. The molecule has 1 unspecified atom stereocenters. The molecule has 3 nitrogen and oxygen atoms in total. The third-order valence-electron chi connectivity index (χ3n) is 2.60. The Bertz CT molecular complexity index is 443. The monoisotopic (exact) mass is 260 g/mol. The summed E-state index contributed by atoms with van der Waals surface area (Å²) < 4.78 is 41.5. The van der Waals surface area contributed by atoms with Crippen molar-refractivity contribution in [2.75, 3.05) is 0 Å². The molecule has 18 heavy (non-hydrogen) atoms. The van der Waals surface area contributed by atoms with Crippen molar-refractivity contribution in [3.05, 3.63) is 34.9 Å². The molecular formula is C12H15F3N2O. The van der Waals surface area contributed by atoms with Gasteiger partial charge in [0.15, 0.2) is 6.10 Å². The molecule has 0 heterocycles. The SMILES string of the molecule is Cc1cc(C(=N)N)ccc1COC(C)C(F)(F)F. The lowest BCUT2D eigenvalue weighted by molar-refractivity contribution is -0.217. The molecule has 0 saturated carbocycles. The highest BCUT2D eigenvalue weighted by Crippen LogP contribution is 2.23. The fourth-order valence-electron chi connectivity index (χ4n) is 1.33. The molecule has 0 aliphatic carbocycles. The first-order valence-electron chi connectivity index (χ1n) is 5.34. The van der Waals surface area contributed by atoms with Gasteiger partial charge in [-0.15, -0.1) is 0 Å². The minimum absolute atomic E-state index is 0.0748. The van der Waals surface area contributed by atoms with Crippen molar-refractivity contribution in [1.29, 1.82) is 5.41 Å². The first-order valence-corrected chi connectivity index (χ1v) is 5.34. The van der Waals surface area contributed by atoms with Crippen LogP contribution in [-0.2, 0) is 11.3 Å². The molecule has 0 bridgehead atoms. The van der Waals surface area contributed by atoms with E-state index in [2.05, 4.69) is 0 Å². The Labute approximate surface area is 103 Å². The van der Waals surface area contributed by atoms with E-state index in [1.54, 1.807) is 25.1 Å². The molecule has 0 aromatic heterocycles. The molecule has 0 fully saturated rings. The molecule has 0 spiro atoms. The van der Waals surface area contributed by atoms with Gasteiger partial charge in [-0.1, -0.05) is 12.1 Å². The number of hydrogen-bond donors (Lipinski definition) is 2. The Kier molecular flexibility index (Phi) is 4.34. The summed E-state index contributed by atoms with van der Waals surface area (Å²) in [4.78, 5) is 0. The minimum Gasteiger partial charge on any atom is -0.384 e. The predicted molar refractivity (Wildman–Crippen MR) is 62.5 cm³/mol. The van der Waals surface area contributed by atoms with Crippen LogP contribution < -0.4 is 5.73 Å². The smallest absolute Gasteiger partial charge is 0.384 e. The van der Waals surface area contributed by atoms with Crippen molar-refractivity contribution in [2.45, 2.75) is 32.7 Å². The van der Waals surface area contributed by atoms with Crippen LogP contribution in [0.1, 0.15) is 23.6 Å². The predicted octanol–water partition coefficient (Wildman–Crippen LogP) is 2.75. The maximum Gasteiger partial charge on any atom is 0.414 e. The molecule has 1 atom stereocenters. The molecule has 1 aromatic rings. The number of nitrogens with two attached hydrogens (primary N) is 1. The van der Waals surface area contributed by atoms with Crippen molar-refractivity contribution in [2.24, 2.45) is 5.73 Å². The second-order valence-corrected chi connectivity index (χ2v) is 4.05. The summed E-state index contributed by atoms with van der Waals surface area (Å²) >= 11 is 0. The first kappa shape index (κ1) is 14.5. The molecule has 0 saturated heterocycles. The number of halogens is 3. The van der Waals surface area contributed by atoms with E-state index in [4.69, 9.17) is 15.9 Å². The van der Waals surface area contributed by atoms with E-state index in [1.807, 2.05) is 0 Å². The zero-order valence-corrected chi connectivity index (χ0v) is 10.1. The third-order valence-corrected chi connectivity index (χ3v) is 2.60. The van der Waals surface area contributed by atoms with Crippen LogP contribution in [0.4, 0.5) is 13.2 Å². The van der Waals surface area contributed by atoms with Crippen molar-refractivity contribution in [3.63, 3.8) is 0 Å². The van der Waals surface area contributed by atoms with Crippen molar-refractivity contribution in [3.8, 4) is 0 Å². The van der Waals surface area contributed by atoms with Gasteiger partial charge >= 0.3 is 6.18 Å². The molecule has 6 heteroatoms. The molecule has 0 aliphatic rings.